The first-order valence-corrected chi connectivity index (χ1v) is 9.85. The van der Waals surface area contributed by atoms with E-state index in [1.807, 2.05) is 12.1 Å². The van der Waals surface area contributed by atoms with Gasteiger partial charge in [0, 0.05) is 32.1 Å². The molecule has 2 aliphatic heterocycles. The van der Waals surface area contributed by atoms with Crippen LogP contribution in [0.15, 0.2) is 18.2 Å². The van der Waals surface area contributed by atoms with Crippen LogP contribution in [0.5, 0.6) is 11.5 Å². The fourth-order valence-electron chi connectivity index (χ4n) is 3.48. The molecule has 1 fully saturated rings. The Labute approximate surface area is 161 Å². The van der Waals surface area contributed by atoms with Gasteiger partial charge in [-0.15, -0.1) is 0 Å². The van der Waals surface area contributed by atoms with E-state index in [0.29, 0.717) is 25.9 Å². The molecule has 2 heterocycles. The van der Waals surface area contributed by atoms with Crippen LogP contribution >= 0.6 is 0 Å². The molecule has 1 unspecified atom stereocenters. The van der Waals surface area contributed by atoms with Gasteiger partial charge in [-0.1, -0.05) is 13.0 Å². The first-order chi connectivity index (χ1) is 13.2. The van der Waals surface area contributed by atoms with Crippen LogP contribution in [0.4, 0.5) is 0 Å². The largest absolute Gasteiger partial charge is 0.454 e. The Morgan fingerprint density at radius 2 is 2.04 bits per heavy atom. The summed E-state index contributed by atoms with van der Waals surface area (Å²) in [6.45, 7) is 10.2. The minimum atomic E-state index is 0.107. The second-order valence-corrected chi connectivity index (χ2v) is 7.11. The molecule has 1 N–H and O–H groups in total. The Morgan fingerprint density at radius 1 is 1.26 bits per heavy atom. The van der Waals surface area contributed by atoms with Gasteiger partial charge in [0.2, 0.25) is 12.7 Å². The molecular weight excluding hydrogens is 346 g/mol. The Morgan fingerprint density at radius 3 is 2.81 bits per heavy atom. The van der Waals surface area contributed by atoms with Crippen molar-refractivity contribution in [3.05, 3.63) is 23.8 Å². The van der Waals surface area contributed by atoms with E-state index in [9.17, 15) is 4.79 Å². The molecule has 0 spiro atoms. The zero-order chi connectivity index (χ0) is 19.1. The predicted octanol–water partition coefficient (Wildman–Crippen LogP) is 1.46. The number of fused-ring (bicyclic) bond motifs is 1. The van der Waals surface area contributed by atoms with Crippen molar-refractivity contribution in [2.45, 2.75) is 32.7 Å². The number of hydrogen-bond acceptors (Lipinski definition) is 6. The van der Waals surface area contributed by atoms with Crippen molar-refractivity contribution in [2.75, 3.05) is 52.9 Å². The normalized spacial score (nSPS) is 17.9. The molecule has 7 nitrogen and oxygen atoms in total. The van der Waals surface area contributed by atoms with Crippen molar-refractivity contribution >= 4 is 5.91 Å². The quantitative estimate of drug-likeness (QED) is 0.658. The number of amides is 1. The highest BCUT2D eigenvalue weighted by atomic mass is 16.7. The Hall–Kier alpha value is -1.83. The smallest absolute Gasteiger partial charge is 0.231 e. The molecule has 1 atom stereocenters. The summed E-state index contributed by atoms with van der Waals surface area (Å²) in [5.74, 6) is 1.74. The number of nitrogens with zero attached hydrogens (tertiary/aromatic N) is 2. The molecule has 1 aromatic carbocycles. The molecule has 0 saturated carbocycles. The van der Waals surface area contributed by atoms with Crippen molar-refractivity contribution < 1.29 is 19.0 Å². The number of carbonyl (C=O) groups is 1. The summed E-state index contributed by atoms with van der Waals surface area (Å²) in [5, 5.41) is 3.07. The van der Waals surface area contributed by atoms with Crippen LogP contribution in [0.25, 0.3) is 0 Å². The van der Waals surface area contributed by atoms with E-state index in [-0.39, 0.29) is 5.91 Å². The van der Waals surface area contributed by atoms with Gasteiger partial charge in [-0.3, -0.25) is 14.6 Å². The summed E-state index contributed by atoms with van der Waals surface area (Å²) < 4.78 is 16.2. The molecule has 1 aromatic rings. The van der Waals surface area contributed by atoms with Gasteiger partial charge in [0.15, 0.2) is 11.5 Å². The average molecular weight is 377 g/mol. The standard InChI is InChI=1S/C20H31N3O4/c1-3-23(14-21-20(24)6-7-22-8-10-25-11-9-22)16(2)12-17-4-5-18-19(13-17)27-15-26-18/h4-5,13,16H,3,6-12,14-15H2,1-2H3,(H,21,24). The molecule has 0 aliphatic carbocycles. The van der Waals surface area contributed by atoms with Crippen LogP contribution in [0, 0.1) is 0 Å². The molecule has 0 bridgehead atoms. The Balaban J connectivity index is 1.41. The van der Waals surface area contributed by atoms with E-state index in [0.717, 1.165) is 57.3 Å². The van der Waals surface area contributed by atoms with E-state index in [1.54, 1.807) is 0 Å². The van der Waals surface area contributed by atoms with Crippen LogP contribution in [-0.4, -0.2) is 74.6 Å². The minimum Gasteiger partial charge on any atom is -0.454 e. The molecule has 1 saturated heterocycles. The van der Waals surface area contributed by atoms with Crippen molar-refractivity contribution in [1.82, 2.24) is 15.1 Å². The van der Waals surface area contributed by atoms with Crippen molar-refractivity contribution in [3.63, 3.8) is 0 Å². The van der Waals surface area contributed by atoms with E-state index < -0.39 is 0 Å². The molecular formula is C20H31N3O4. The number of nitrogens with one attached hydrogen (secondary N) is 1. The zero-order valence-corrected chi connectivity index (χ0v) is 16.4. The predicted molar refractivity (Wildman–Crippen MR) is 103 cm³/mol. The molecule has 7 heteroatoms. The highest BCUT2D eigenvalue weighted by Crippen LogP contribution is 2.32. The van der Waals surface area contributed by atoms with Gasteiger partial charge >= 0.3 is 0 Å². The van der Waals surface area contributed by atoms with Gasteiger partial charge in [-0.2, -0.15) is 0 Å². The number of morpholine rings is 1. The lowest BCUT2D eigenvalue weighted by atomic mass is 10.1. The third kappa shape index (κ3) is 5.82. The maximum absolute atomic E-state index is 12.2. The van der Waals surface area contributed by atoms with E-state index in [4.69, 9.17) is 14.2 Å². The number of rotatable bonds is 9. The maximum Gasteiger partial charge on any atom is 0.231 e. The molecule has 150 valence electrons. The number of carbonyl (C=O) groups excluding carboxylic acids is 1. The minimum absolute atomic E-state index is 0.107. The summed E-state index contributed by atoms with van der Waals surface area (Å²) in [6, 6.07) is 6.41. The van der Waals surface area contributed by atoms with E-state index in [2.05, 4.69) is 35.0 Å². The lowest BCUT2D eigenvalue weighted by Gasteiger charge is -2.29. The van der Waals surface area contributed by atoms with Crippen LogP contribution in [0.1, 0.15) is 25.8 Å². The second-order valence-electron chi connectivity index (χ2n) is 7.11. The van der Waals surface area contributed by atoms with Crippen molar-refractivity contribution in [3.8, 4) is 11.5 Å². The van der Waals surface area contributed by atoms with Crippen LogP contribution in [0.3, 0.4) is 0 Å². The van der Waals surface area contributed by atoms with Gasteiger partial charge in [-0.05, 0) is 37.6 Å². The van der Waals surface area contributed by atoms with Crippen molar-refractivity contribution in [1.29, 1.82) is 0 Å². The van der Waals surface area contributed by atoms with Crippen LogP contribution in [-0.2, 0) is 16.0 Å². The van der Waals surface area contributed by atoms with E-state index >= 15 is 0 Å². The molecule has 2 aliphatic rings. The molecule has 3 rings (SSSR count). The van der Waals surface area contributed by atoms with Gasteiger partial charge in [0.25, 0.3) is 0 Å². The molecule has 0 radical (unpaired) electrons. The second kappa shape index (κ2) is 9.92. The molecule has 27 heavy (non-hydrogen) atoms. The summed E-state index contributed by atoms with van der Waals surface area (Å²) in [7, 11) is 0. The van der Waals surface area contributed by atoms with Gasteiger partial charge in [0.05, 0.1) is 19.9 Å². The lowest BCUT2D eigenvalue weighted by molar-refractivity contribution is -0.122. The van der Waals surface area contributed by atoms with Crippen LogP contribution in [0.2, 0.25) is 0 Å². The van der Waals surface area contributed by atoms with Crippen LogP contribution < -0.4 is 14.8 Å². The SMILES string of the molecule is CCN(CNC(=O)CCN1CCOCC1)C(C)Cc1ccc2c(c1)OCO2. The van der Waals surface area contributed by atoms with Gasteiger partial charge in [0.1, 0.15) is 0 Å². The number of ether oxygens (including phenoxy) is 3. The highest BCUT2D eigenvalue weighted by molar-refractivity contribution is 5.75. The lowest BCUT2D eigenvalue weighted by Crippen LogP contribution is -2.44. The maximum atomic E-state index is 12.2. The third-order valence-electron chi connectivity index (χ3n) is 5.24. The number of likely N-dealkylation sites (N-methyl/N-ethyl adjacent to an activating group) is 1. The van der Waals surface area contributed by atoms with Gasteiger partial charge < -0.3 is 19.5 Å². The number of benzene rings is 1. The molecule has 1 amide bonds. The average Bonchev–Trinajstić information content (AvgIpc) is 3.15. The first kappa shape index (κ1) is 19.9. The zero-order valence-electron chi connectivity index (χ0n) is 16.4. The summed E-state index contributed by atoms with van der Waals surface area (Å²) in [4.78, 5) is 16.7. The number of hydrogen-bond donors (Lipinski definition) is 1. The summed E-state index contributed by atoms with van der Waals surface area (Å²) >= 11 is 0. The third-order valence-corrected chi connectivity index (χ3v) is 5.24. The fourth-order valence-corrected chi connectivity index (χ4v) is 3.48. The highest BCUT2D eigenvalue weighted by Gasteiger charge is 2.18. The van der Waals surface area contributed by atoms with Gasteiger partial charge in [-0.25, -0.2) is 0 Å². The van der Waals surface area contributed by atoms with E-state index in [1.165, 1.54) is 5.56 Å². The molecule has 0 aromatic heterocycles. The topological polar surface area (TPSA) is 63.3 Å². The monoisotopic (exact) mass is 377 g/mol. The Bertz CT molecular complexity index is 619. The van der Waals surface area contributed by atoms with Crippen molar-refractivity contribution in [2.24, 2.45) is 0 Å². The first-order valence-electron chi connectivity index (χ1n) is 9.85. The summed E-state index contributed by atoms with van der Waals surface area (Å²) in [6.07, 6.45) is 1.43. The Kier molecular flexibility index (Phi) is 7.32. The fraction of sp³-hybridized carbons (Fsp3) is 0.650. The summed E-state index contributed by atoms with van der Waals surface area (Å²) in [5.41, 5.74) is 1.21.